The van der Waals surface area contributed by atoms with Gasteiger partial charge in [-0.2, -0.15) is 5.10 Å². The molecule has 1 aliphatic carbocycles. The largest absolute Gasteiger partial charge is 0.326 e. The van der Waals surface area contributed by atoms with E-state index in [9.17, 15) is 4.79 Å². The van der Waals surface area contributed by atoms with E-state index in [1.54, 1.807) is 4.68 Å². The minimum absolute atomic E-state index is 0.0594. The third-order valence-electron chi connectivity index (χ3n) is 6.99. The van der Waals surface area contributed by atoms with Gasteiger partial charge in [-0.3, -0.25) is 4.79 Å². The molecule has 1 aromatic heterocycles. The topological polar surface area (TPSA) is 85.0 Å². The van der Waals surface area contributed by atoms with E-state index in [-0.39, 0.29) is 11.9 Å². The van der Waals surface area contributed by atoms with Gasteiger partial charge in [-0.1, -0.05) is 48.0 Å². The van der Waals surface area contributed by atoms with Crippen LogP contribution >= 0.6 is 0 Å². The molecule has 4 aromatic rings. The molecule has 1 amide bonds. The summed E-state index contributed by atoms with van der Waals surface area (Å²) in [4.78, 5) is 13.4. The first kappa shape index (κ1) is 24.9. The fraction of sp³-hybridized carbons (Fsp3) is 0.290. The molecule has 1 unspecified atom stereocenters. The molecule has 0 saturated heterocycles. The zero-order chi connectivity index (χ0) is 25.9. The van der Waals surface area contributed by atoms with Crippen LogP contribution in [-0.2, 0) is 6.54 Å². The van der Waals surface area contributed by atoms with Crippen molar-refractivity contribution < 1.29 is 4.79 Å². The lowest BCUT2D eigenvalue weighted by Gasteiger charge is -2.23. The molecule has 0 aliphatic heterocycles. The maximum absolute atomic E-state index is 13.4. The van der Waals surface area contributed by atoms with E-state index >= 15 is 0 Å². The Hall–Kier alpha value is -3.74. The predicted octanol–water partition coefficient (Wildman–Crippen LogP) is 5.60. The summed E-state index contributed by atoms with van der Waals surface area (Å²) in [5.74, 6) is 0.557. The van der Waals surface area contributed by atoms with E-state index in [4.69, 9.17) is 5.73 Å². The van der Waals surface area contributed by atoms with Gasteiger partial charge in [0.15, 0.2) is 0 Å². The van der Waals surface area contributed by atoms with Gasteiger partial charge in [-0.25, -0.2) is 4.68 Å². The highest BCUT2D eigenvalue weighted by Gasteiger charge is 2.24. The zero-order valence-corrected chi connectivity index (χ0v) is 21.8. The Morgan fingerprint density at radius 1 is 1.03 bits per heavy atom. The summed E-state index contributed by atoms with van der Waals surface area (Å²) in [5, 5.41) is 11.5. The van der Waals surface area contributed by atoms with Crippen LogP contribution < -0.4 is 16.4 Å². The number of nitrogens with zero attached hydrogens (tertiary/aromatic N) is 2. The van der Waals surface area contributed by atoms with Crippen molar-refractivity contribution in [3.63, 3.8) is 0 Å². The summed E-state index contributed by atoms with van der Waals surface area (Å²) in [5.41, 5.74) is 14.5. The third kappa shape index (κ3) is 5.82. The molecule has 1 atom stereocenters. The quantitative estimate of drug-likeness (QED) is 0.283. The summed E-state index contributed by atoms with van der Waals surface area (Å²) in [7, 11) is 0. The number of aromatic nitrogens is 2. The molecule has 4 N–H and O–H groups in total. The predicted molar refractivity (Wildman–Crippen MR) is 149 cm³/mol. The minimum atomic E-state index is -0.204. The van der Waals surface area contributed by atoms with Gasteiger partial charge in [0.25, 0.3) is 5.91 Å². The van der Waals surface area contributed by atoms with Gasteiger partial charge >= 0.3 is 0 Å². The van der Waals surface area contributed by atoms with E-state index in [0.29, 0.717) is 12.2 Å². The first-order chi connectivity index (χ1) is 17.9. The standard InChI is InChI=1S/C31H35N5O/c1-20-10-11-21(2)28(14-20)30(33-19-23-12-13-23)25-7-5-8-26(17-25)34-31(37)29-15-22(3)35-36(29)27-9-4-6-24(16-27)18-32/h4-11,14-17,23,30,33H,12-13,18-19,32H2,1-3H3,(H,34,37). The van der Waals surface area contributed by atoms with Gasteiger partial charge in [0.2, 0.25) is 0 Å². The number of nitrogens with two attached hydrogens (primary N) is 1. The molecule has 1 fully saturated rings. The first-order valence-corrected chi connectivity index (χ1v) is 13.0. The average Bonchev–Trinajstić information content (AvgIpc) is 3.65. The summed E-state index contributed by atoms with van der Waals surface area (Å²) in [6, 6.07) is 24.4. The Morgan fingerprint density at radius 3 is 2.62 bits per heavy atom. The first-order valence-electron chi connectivity index (χ1n) is 13.0. The van der Waals surface area contributed by atoms with Crippen LogP contribution in [0.15, 0.2) is 72.8 Å². The number of rotatable bonds is 9. The Labute approximate surface area is 218 Å². The molecule has 1 saturated carbocycles. The number of anilines is 1. The highest BCUT2D eigenvalue weighted by atomic mass is 16.2. The maximum atomic E-state index is 13.4. The van der Waals surface area contributed by atoms with Crippen molar-refractivity contribution in [3.05, 3.63) is 112 Å². The highest BCUT2D eigenvalue weighted by molar-refractivity contribution is 6.03. The van der Waals surface area contributed by atoms with E-state index in [1.165, 1.54) is 29.5 Å². The molecule has 0 spiro atoms. The van der Waals surface area contributed by atoms with Crippen LogP contribution in [0.5, 0.6) is 0 Å². The fourth-order valence-corrected chi connectivity index (χ4v) is 4.75. The van der Waals surface area contributed by atoms with Crippen molar-refractivity contribution in [2.24, 2.45) is 11.7 Å². The van der Waals surface area contributed by atoms with Crippen molar-refractivity contribution in [2.75, 3.05) is 11.9 Å². The molecule has 190 valence electrons. The Balaban J connectivity index is 1.43. The van der Waals surface area contributed by atoms with Crippen molar-refractivity contribution in [1.29, 1.82) is 0 Å². The molecule has 5 rings (SSSR count). The van der Waals surface area contributed by atoms with Crippen molar-refractivity contribution in [3.8, 4) is 5.69 Å². The van der Waals surface area contributed by atoms with E-state index in [1.807, 2.05) is 49.4 Å². The number of hydrogen-bond donors (Lipinski definition) is 3. The normalized spacial score (nSPS) is 13.9. The maximum Gasteiger partial charge on any atom is 0.274 e. The Bertz CT molecular complexity index is 1420. The van der Waals surface area contributed by atoms with Crippen LogP contribution in [0.3, 0.4) is 0 Å². The molecule has 0 radical (unpaired) electrons. The van der Waals surface area contributed by atoms with E-state index in [0.717, 1.165) is 40.7 Å². The molecule has 1 heterocycles. The molecule has 37 heavy (non-hydrogen) atoms. The van der Waals surface area contributed by atoms with Gasteiger partial charge in [-0.05, 0) is 98.7 Å². The number of carbonyl (C=O) groups excluding carboxylic acids is 1. The molecule has 1 aliphatic rings. The van der Waals surface area contributed by atoms with Crippen LogP contribution in [0.2, 0.25) is 0 Å². The number of nitrogens with one attached hydrogen (secondary N) is 2. The van der Waals surface area contributed by atoms with Crippen LogP contribution in [0, 0.1) is 26.7 Å². The summed E-state index contributed by atoms with van der Waals surface area (Å²) < 4.78 is 1.68. The third-order valence-corrected chi connectivity index (χ3v) is 6.99. The second-order valence-electron chi connectivity index (χ2n) is 10.2. The van der Waals surface area contributed by atoms with Crippen LogP contribution in [0.1, 0.15) is 62.9 Å². The number of carbonyl (C=O) groups is 1. The lowest BCUT2D eigenvalue weighted by Crippen LogP contribution is -2.25. The molecule has 0 bridgehead atoms. The van der Waals surface area contributed by atoms with Gasteiger partial charge in [-0.15, -0.1) is 0 Å². The van der Waals surface area contributed by atoms with Gasteiger partial charge < -0.3 is 16.4 Å². The summed E-state index contributed by atoms with van der Waals surface area (Å²) in [6.45, 7) is 7.61. The molecule has 6 nitrogen and oxygen atoms in total. The van der Waals surface area contributed by atoms with Gasteiger partial charge in [0, 0.05) is 12.2 Å². The van der Waals surface area contributed by atoms with E-state index in [2.05, 4.69) is 59.9 Å². The van der Waals surface area contributed by atoms with Gasteiger partial charge in [0.1, 0.15) is 5.69 Å². The Kier molecular flexibility index (Phi) is 7.22. The summed E-state index contributed by atoms with van der Waals surface area (Å²) >= 11 is 0. The second kappa shape index (κ2) is 10.7. The lowest BCUT2D eigenvalue weighted by atomic mass is 9.93. The highest BCUT2D eigenvalue weighted by Crippen LogP contribution is 2.32. The molecule has 6 heteroatoms. The smallest absolute Gasteiger partial charge is 0.274 e. The minimum Gasteiger partial charge on any atom is -0.326 e. The zero-order valence-electron chi connectivity index (χ0n) is 21.8. The van der Waals surface area contributed by atoms with E-state index < -0.39 is 0 Å². The number of aryl methyl sites for hydroxylation is 3. The lowest BCUT2D eigenvalue weighted by molar-refractivity contribution is 0.101. The summed E-state index contributed by atoms with van der Waals surface area (Å²) in [6.07, 6.45) is 2.59. The molecular formula is C31H35N5O. The number of amides is 1. The van der Waals surface area contributed by atoms with Crippen molar-refractivity contribution in [2.45, 2.75) is 46.2 Å². The number of benzene rings is 3. The van der Waals surface area contributed by atoms with Crippen LogP contribution in [0.25, 0.3) is 5.69 Å². The number of hydrogen-bond acceptors (Lipinski definition) is 4. The van der Waals surface area contributed by atoms with Crippen molar-refractivity contribution in [1.82, 2.24) is 15.1 Å². The Morgan fingerprint density at radius 2 is 1.84 bits per heavy atom. The fourth-order valence-electron chi connectivity index (χ4n) is 4.75. The van der Waals surface area contributed by atoms with Crippen LogP contribution in [0.4, 0.5) is 5.69 Å². The molecule has 3 aromatic carbocycles. The van der Waals surface area contributed by atoms with Crippen molar-refractivity contribution >= 4 is 11.6 Å². The second-order valence-corrected chi connectivity index (χ2v) is 10.2. The monoisotopic (exact) mass is 493 g/mol. The SMILES string of the molecule is Cc1ccc(C)c(C(NCC2CC2)c2cccc(NC(=O)c3cc(C)nn3-c3cccc(CN)c3)c2)c1. The molecular weight excluding hydrogens is 458 g/mol. The average molecular weight is 494 g/mol. The van der Waals surface area contributed by atoms with Crippen LogP contribution in [-0.4, -0.2) is 22.2 Å². The van der Waals surface area contributed by atoms with Gasteiger partial charge in [0.05, 0.1) is 17.4 Å².